The van der Waals surface area contributed by atoms with E-state index in [1.165, 1.54) is 11.8 Å². The van der Waals surface area contributed by atoms with Crippen LogP contribution in [-0.4, -0.2) is 35.8 Å². The van der Waals surface area contributed by atoms with E-state index in [0.29, 0.717) is 11.7 Å². The molecule has 0 saturated heterocycles. The molecule has 32 heavy (non-hydrogen) atoms. The second-order valence-electron chi connectivity index (χ2n) is 7.11. The van der Waals surface area contributed by atoms with Gasteiger partial charge < -0.3 is 9.72 Å². The van der Waals surface area contributed by atoms with Gasteiger partial charge in [-0.05, 0) is 24.3 Å². The van der Waals surface area contributed by atoms with E-state index in [4.69, 9.17) is 0 Å². The average molecular weight is 441 g/mol. The number of fused-ring (bicyclic) bond motifs is 1. The Hall–Kier alpha value is -3.91. The highest BCUT2D eigenvalue weighted by Crippen LogP contribution is 2.27. The maximum Gasteiger partial charge on any atom is 0.230 e. The first-order valence-electron chi connectivity index (χ1n) is 10.2. The summed E-state index contributed by atoms with van der Waals surface area (Å²) in [5.74, 6) is 0.882. The van der Waals surface area contributed by atoms with Crippen LogP contribution >= 0.6 is 11.8 Å². The van der Waals surface area contributed by atoms with Gasteiger partial charge in [0, 0.05) is 23.6 Å². The van der Waals surface area contributed by atoms with Crippen molar-refractivity contribution in [1.29, 1.82) is 0 Å². The van der Waals surface area contributed by atoms with Crippen LogP contribution in [0.3, 0.4) is 0 Å². The van der Waals surface area contributed by atoms with Crippen LogP contribution in [-0.2, 0) is 11.3 Å². The topological polar surface area (TPSA) is 77.1 Å². The van der Waals surface area contributed by atoms with Crippen molar-refractivity contribution in [1.82, 2.24) is 29.5 Å². The van der Waals surface area contributed by atoms with E-state index >= 15 is 0 Å². The standard InChI is InChI=1S/C24H20N6OS/c31-22(25-15-19-16-29-14-8-7-13-21(29)26-19)17-32-24-28-27-23(18-9-3-1-4-10-18)30(24)20-11-5-2-6-12-20/h1-14,16H,15,17H2,(H,25,31). The molecule has 0 radical (unpaired) electrons. The number of nitrogens with one attached hydrogen (secondary N) is 1. The first kappa shape index (κ1) is 20.0. The van der Waals surface area contributed by atoms with Crippen LogP contribution in [0.1, 0.15) is 5.69 Å². The molecule has 0 unspecified atom stereocenters. The summed E-state index contributed by atoms with van der Waals surface area (Å²) in [6.45, 7) is 0.377. The number of para-hydroxylation sites is 1. The summed E-state index contributed by atoms with van der Waals surface area (Å²) in [5.41, 5.74) is 3.58. The predicted octanol–water partition coefficient (Wildman–Crippen LogP) is 3.99. The molecule has 0 saturated carbocycles. The number of thioether (sulfide) groups is 1. The molecular weight excluding hydrogens is 420 g/mol. The molecule has 0 fully saturated rings. The highest BCUT2D eigenvalue weighted by Gasteiger charge is 2.17. The Morgan fingerprint density at radius 1 is 0.906 bits per heavy atom. The zero-order chi connectivity index (χ0) is 21.8. The Bertz CT molecular complexity index is 1310. The molecule has 0 atom stereocenters. The van der Waals surface area contributed by atoms with Crippen molar-refractivity contribution in [3.8, 4) is 17.1 Å². The third-order valence-corrected chi connectivity index (χ3v) is 5.82. The first-order chi connectivity index (χ1) is 15.8. The van der Waals surface area contributed by atoms with E-state index in [9.17, 15) is 4.79 Å². The molecule has 1 amide bonds. The molecule has 7 nitrogen and oxygen atoms in total. The van der Waals surface area contributed by atoms with Crippen LogP contribution < -0.4 is 5.32 Å². The van der Waals surface area contributed by atoms with Gasteiger partial charge in [0.15, 0.2) is 11.0 Å². The molecule has 3 aromatic heterocycles. The highest BCUT2D eigenvalue weighted by molar-refractivity contribution is 7.99. The lowest BCUT2D eigenvalue weighted by Crippen LogP contribution is -2.24. The number of hydrogen-bond donors (Lipinski definition) is 1. The number of rotatable bonds is 7. The molecule has 158 valence electrons. The summed E-state index contributed by atoms with van der Waals surface area (Å²) in [6.07, 6.45) is 3.85. The van der Waals surface area contributed by atoms with Gasteiger partial charge >= 0.3 is 0 Å². The zero-order valence-corrected chi connectivity index (χ0v) is 17.9. The molecule has 0 aliphatic rings. The van der Waals surface area contributed by atoms with Crippen LogP contribution in [0.15, 0.2) is 96.4 Å². The van der Waals surface area contributed by atoms with Crippen LogP contribution in [0.4, 0.5) is 0 Å². The Kier molecular flexibility index (Phi) is 5.67. The minimum absolute atomic E-state index is 0.0871. The number of carbonyl (C=O) groups excluding carboxylic acids is 1. The number of benzene rings is 2. The lowest BCUT2D eigenvalue weighted by molar-refractivity contribution is -0.118. The summed E-state index contributed by atoms with van der Waals surface area (Å²) in [6, 6.07) is 25.6. The molecule has 5 rings (SSSR count). The molecule has 3 heterocycles. The maximum absolute atomic E-state index is 12.5. The minimum Gasteiger partial charge on any atom is -0.350 e. The van der Waals surface area contributed by atoms with Gasteiger partial charge in [0.25, 0.3) is 0 Å². The Labute approximate surface area is 189 Å². The maximum atomic E-state index is 12.5. The quantitative estimate of drug-likeness (QED) is 0.387. The van der Waals surface area contributed by atoms with Crippen molar-refractivity contribution in [3.63, 3.8) is 0 Å². The lowest BCUT2D eigenvalue weighted by Gasteiger charge is -2.10. The van der Waals surface area contributed by atoms with Crippen molar-refractivity contribution in [3.05, 3.63) is 97.0 Å². The number of pyridine rings is 1. The van der Waals surface area contributed by atoms with E-state index < -0.39 is 0 Å². The molecule has 2 aromatic carbocycles. The summed E-state index contributed by atoms with van der Waals surface area (Å²) in [5, 5.41) is 12.4. The van der Waals surface area contributed by atoms with Gasteiger partial charge in [0.2, 0.25) is 5.91 Å². The second-order valence-corrected chi connectivity index (χ2v) is 8.05. The molecule has 5 aromatic rings. The summed E-state index contributed by atoms with van der Waals surface area (Å²) < 4.78 is 3.92. The smallest absolute Gasteiger partial charge is 0.230 e. The van der Waals surface area contributed by atoms with Crippen LogP contribution in [0.2, 0.25) is 0 Å². The molecule has 0 aliphatic heterocycles. The fraction of sp³-hybridized carbons (Fsp3) is 0.0833. The minimum atomic E-state index is -0.0871. The molecular formula is C24H20N6OS. The van der Waals surface area contributed by atoms with Crippen molar-refractivity contribution >= 4 is 23.3 Å². The number of carbonyl (C=O) groups is 1. The number of aromatic nitrogens is 5. The predicted molar refractivity (Wildman–Crippen MR) is 125 cm³/mol. The lowest BCUT2D eigenvalue weighted by atomic mass is 10.2. The number of nitrogens with zero attached hydrogens (tertiary/aromatic N) is 5. The van der Waals surface area contributed by atoms with Gasteiger partial charge in [0.1, 0.15) is 5.65 Å². The monoisotopic (exact) mass is 440 g/mol. The Morgan fingerprint density at radius 2 is 1.66 bits per heavy atom. The van der Waals surface area contributed by atoms with Crippen LogP contribution in [0.5, 0.6) is 0 Å². The first-order valence-corrected chi connectivity index (χ1v) is 11.1. The summed E-state index contributed by atoms with van der Waals surface area (Å²) in [7, 11) is 0. The van der Waals surface area contributed by atoms with Crippen molar-refractivity contribution in [2.45, 2.75) is 11.7 Å². The van der Waals surface area contributed by atoms with Gasteiger partial charge in [-0.25, -0.2) is 4.98 Å². The van der Waals surface area contributed by atoms with E-state index in [0.717, 1.165) is 28.4 Å². The van der Waals surface area contributed by atoms with Gasteiger partial charge in [-0.1, -0.05) is 66.4 Å². The molecule has 0 aliphatic carbocycles. The second kappa shape index (κ2) is 9.07. The average Bonchev–Trinajstić information content (AvgIpc) is 3.46. The van der Waals surface area contributed by atoms with E-state index in [1.54, 1.807) is 0 Å². The van der Waals surface area contributed by atoms with Crippen molar-refractivity contribution < 1.29 is 4.79 Å². The van der Waals surface area contributed by atoms with E-state index in [1.807, 2.05) is 100 Å². The van der Waals surface area contributed by atoms with Crippen molar-refractivity contribution in [2.24, 2.45) is 0 Å². The van der Waals surface area contributed by atoms with Gasteiger partial charge in [0.05, 0.1) is 18.0 Å². The molecule has 0 spiro atoms. The van der Waals surface area contributed by atoms with Crippen LogP contribution in [0, 0.1) is 0 Å². The number of hydrogen-bond acceptors (Lipinski definition) is 5. The molecule has 8 heteroatoms. The number of amides is 1. The van der Waals surface area contributed by atoms with Crippen LogP contribution in [0.25, 0.3) is 22.7 Å². The highest BCUT2D eigenvalue weighted by atomic mass is 32.2. The molecule has 0 bridgehead atoms. The number of imidazole rings is 1. The molecule has 1 N–H and O–H groups in total. The van der Waals surface area contributed by atoms with Gasteiger partial charge in [-0.2, -0.15) is 0 Å². The zero-order valence-electron chi connectivity index (χ0n) is 17.1. The Morgan fingerprint density at radius 3 is 2.44 bits per heavy atom. The van der Waals surface area contributed by atoms with Gasteiger partial charge in [-0.15, -0.1) is 10.2 Å². The fourth-order valence-electron chi connectivity index (χ4n) is 3.39. The SMILES string of the molecule is O=C(CSc1nnc(-c2ccccc2)n1-c1ccccc1)NCc1cn2ccccc2n1. The normalized spacial score (nSPS) is 11.0. The summed E-state index contributed by atoms with van der Waals surface area (Å²) >= 11 is 1.36. The largest absolute Gasteiger partial charge is 0.350 e. The third-order valence-electron chi connectivity index (χ3n) is 4.89. The third kappa shape index (κ3) is 4.26. The van der Waals surface area contributed by atoms with Crippen molar-refractivity contribution in [2.75, 3.05) is 5.75 Å². The van der Waals surface area contributed by atoms with Gasteiger partial charge in [-0.3, -0.25) is 9.36 Å². The summed E-state index contributed by atoms with van der Waals surface area (Å²) in [4.78, 5) is 17.0. The van der Waals surface area contributed by atoms with E-state index in [2.05, 4.69) is 20.5 Å². The van der Waals surface area contributed by atoms with E-state index in [-0.39, 0.29) is 11.7 Å². The Balaban J connectivity index is 1.30. The fourth-order valence-corrected chi connectivity index (χ4v) is 4.17.